The lowest BCUT2D eigenvalue weighted by molar-refractivity contribution is 0.190. The number of hydrogen-bond donors (Lipinski definition) is 1. The molecule has 0 radical (unpaired) electrons. The van der Waals surface area contributed by atoms with Gasteiger partial charge in [0.05, 0.1) is 6.61 Å². The second kappa shape index (κ2) is 5.64. The lowest BCUT2D eigenvalue weighted by Gasteiger charge is -2.16. The Morgan fingerprint density at radius 3 is 2.89 bits per heavy atom. The molecule has 5 heteroatoms. The molecule has 0 bridgehead atoms. The van der Waals surface area contributed by atoms with Gasteiger partial charge >= 0.3 is 0 Å². The van der Waals surface area contributed by atoms with E-state index in [1.807, 2.05) is 25.1 Å². The molecule has 0 aliphatic carbocycles. The molecule has 1 N–H and O–H groups in total. The maximum absolute atomic E-state index is 5.17. The summed E-state index contributed by atoms with van der Waals surface area (Å²) in [7, 11) is 1.70. The van der Waals surface area contributed by atoms with Gasteiger partial charge in [-0.2, -0.15) is 0 Å². The van der Waals surface area contributed by atoms with Crippen molar-refractivity contribution in [2.75, 3.05) is 19.0 Å². The number of hydrogen-bond acceptors (Lipinski definition) is 5. The van der Waals surface area contributed by atoms with Crippen LogP contribution in [0.1, 0.15) is 12.5 Å². The van der Waals surface area contributed by atoms with Crippen LogP contribution in [-0.4, -0.2) is 30.0 Å². The van der Waals surface area contributed by atoms with Gasteiger partial charge in [-0.05, 0) is 37.6 Å². The third-order valence-corrected chi connectivity index (χ3v) is 2.65. The predicted octanol–water partition coefficient (Wildman–Crippen LogP) is 2.49. The molecule has 1 aromatic carbocycles. The largest absolute Gasteiger partial charge is 0.423 e. The zero-order valence-corrected chi connectivity index (χ0v) is 10.8. The van der Waals surface area contributed by atoms with Crippen LogP contribution in [0.3, 0.4) is 0 Å². The smallest absolute Gasteiger partial charge is 0.247 e. The number of ether oxygens (including phenoxy) is 1. The topological polar surface area (TPSA) is 60.2 Å². The molecule has 1 aromatic heterocycles. The van der Waals surface area contributed by atoms with Crippen molar-refractivity contribution in [3.05, 3.63) is 30.2 Å². The van der Waals surface area contributed by atoms with Crippen molar-refractivity contribution in [3.63, 3.8) is 0 Å². The molecule has 0 spiro atoms. The lowest BCUT2D eigenvalue weighted by atomic mass is 10.1. The van der Waals surface area contributed by atoms with Crippen molar-refractivity contribution in [3.8, 4) is 11.5 Å². The fraction of sp³-hybridized carbons (Fsp3) is 0.385. The van der Waals surface area contributed by atoms with E-state index in [4.69, 9.17) is 9.15 Å². The molecule has 0 amide bonds. The van der Waals surface area contributed by atoms with Crippen molar-refractivity contribution < 1.29 is 9.15 Å². The van der Waals surface area contributed by atoms with Crippen molar-refractivity contribution in [2.45, 2.75) is 19.9 Å². The van der Waals surface area contributed by atoms with E-state index < -0.39 is 0 Å². The maximum Gasteiger partial charge on any atom is 0.247 e. The van der Waals surface area contributed by atoms with Crippen LogP contribution in [0.25, 0.3) is 11.5 Å². The van der Waals surface area contributed by atoms with Gasteiger partial charge in [0, 0.05) is 24.4 Å². The number of aromatic nitrogens is 2. The Bertz CT molecular complexity index is 497. The minimum Gasteiger partial charge on any atom is -0.423 e. The van der Waals surface area contributed by atoms with E-state index in [-0.39, 0.29) is 6.04 Å². The van der Waals surface area contributed by atoms with E-state index in [1.165, 1.54) is 6.39 Å². The lowest BCUT2D eigenvalue weighted by Crippen LogP contribution is -2.21. The van der Waals surface area contributed by atoms with Crippen LogP contribution in [0.5, 0.6) is 0 Å². The highest BCUT2D eigenvalue weighted by molar-refractivity contribution is 5.62. The fourth-order valence-corrected chi connectivity index (χ4v) is 1.81. The molecular weight excluding hydrogens is 230 g/mol. The molecule has 0 fully saturated rings. The summed E-state index contributed by atoms with van der Waals surface area (Å²) in [6.07, 6.45) is 1.33. The third kappa shape index (κ3) is 2.87. The average molecular weight is 247 g/mol. The van der Waals surface area contributed by atoms with E-state index in [0.29, 0.717) is 12.5 Å². The number of aryl methyl sites for hydroxylation is 1. The Kier molecular flexibility index (Phi) is 3.94. The molecule has 0 saturated heterocycles. The van der Waals surface area contributed by atoms with Gasteiger partial charge in [-0.3, -0.25) is 0 Å². The van der Waals surface area contributed by atoms with Crippen LogP contribution in [0.4, 0.5) is 5.69 Å². The molecule has 1 unspecified atom stereocenters. The Hall–Kier alpha value is -1.88. The first-order valence-electron chi connectivity index (χ1n) is 5.83. The van der Waals surface area contributed by atoms with Crippen LogP contribution in [0.15, 0.2) is 29.0 Å². The molecule has 96 valence electrons. The number of nitrogens with one attached hydrogen (secondary N) is 1. The third-order valence-electron chi connectivity index (χ3n) is 2.65. The molecule has 0 saturated carbocycles. The van der Waals surface area contributed by atoms with E-state index >= 15 is 0 Å². The van der Waals surface area contributed by atoms with E-state index in [1.54, 1.807) is 7.11 Å². The molecule has 5 nitrogen and oxygen atoms in total. The standard InChI is InChI=1S/C13H17N3O2/c1-9-6-11(13-16-14-8-18-13)4-5-12(9)15-10(2)7-17-3/h4-6,8,10,15H,7H2,1-3H3. The highest BCUT2D eigenvalue weighted by Gasteiger charge is 2.08. The summed E-state index contributed by atoms with van der Waals surface area (Å²) in [5.74, 6) is 0.537. The monoisotopic (exact) mass is 247 g/mol. The van der Waals surface area contributed by atoms with Crippen LogP contribution in [-0.2, 0) is 4.74 Å². The molecule has 18 heavy (non-hydrogen) atoms. The van der Waals surface area contributed by atoms with E-state index in [0.717, 1.165) is 16.8 Å². The maximum atomic E-state index is 5.17. The van der Waals surface area contributed by atoms with Gasteiger partial charge in [0.25, 0.3) is 0 Å². The second-order valence-corrected chi connectivity index (χ2v) is 4.27. The van der Waals surface area contributed by atoms with E-state index in [2.05, 4.69) is 22.4 Å². The molecule has 2 rings (SSSR count). The van der Waals surface area contributed by atoms with Crippen molar-refractivity contribution in [1.82, 2.24) is 10.2 Å². The summed E-state index contributed by atoms with van der Waals surface area (Å²) in [4.78, 5) is 0. The van der Waals surface area contributed by atoms with Gasteiger partial charge in [-0.15, -0.1) is 10.2 Å². The summed E-state index contributed by atoms with van der Waals surface area (Å²) in [6.45, 7) is 4.79. The highest BCUT2D eigenvalue weighted by Crippen LogP contribution is 2.23. The summed E-state index contributed by atoms with van der Waals surface area (Å²) >= 11 is 0. The first-order valence-corrected chi connectivity index (χ1v) is 5.83. The number of benzene rings is 1. The van der Waals surface area contributed by atoms with Gasteiger partial charge in [0.1, 0.15) is 0 Å². The molecule has 1 atom stereocenters. The van der Waals surface area contributed by atoms with Crippen molar-refractivity contribution >= 4 is 5.69 Å². The average Bonchev–Trinajstić information content (AvgIpc) is 2.85. The first-order chi connectivity index (χ1) is 8.70. The zero-order valence-electron chi connectivity index (χ0n) is 10.8. The van der Waals surface area contributed by atoms with Gasteiger partial charge in [-0.25, -0.2) is 0 Å². The summed E-state index contributed by atoms with van der Waals surface area (Å²) in [5, 5.41) is 11.0. The van der Waals surface area contributed by atoms with Gasteiger partial charge in [0.15, 0.2) is 0 Å². The van der Waals surface area contributed by atoms with Crippen LogP contribution in [0.2, 0.25) is 0 Å². The molecule has 0 aliphatic rings. The summed E-state index contributed by atoms with van der Waals surface area (Å²) in [5.41, 5.74) is 3.14. The predicted molar refractivity (Wildman–Crippen MR) is 69.4 cm³/mol. The Labute approximate surface area is 106 Å². The SMILES string of the molecule is COCC(C)Nc1ccc(-c2nnco2)cc1C. The fourth-order valence-electron chi connectivity index (χ4n) is 1.81. The first kappa shape index (κ1) is 12.6. The Morgan fingerprint density at radius 2 is 2.28 bits per heavy atom. The Balaban J connectivity index is 2.15. The van der Waals surface area contributed by atoms with Gasteiger partial charge < -0.3 is 14.5 Å². The van der Waals surface area contributed by atoms with Gasteiger partial charge in [0.2, 0.25) is 12.3 Å². The number of methoxy groups -OCH3 is 1. The highest BCUT2D eigenvalue weighted by atomic mass is 16.5. The zero-order chi connectivity index (χ0) is 13.0. The van der Waals surface area contributed by atoms with Crippen LogP contribution in [0, 0.1) is 6.92 Å². The van der Waals surface area contributed by atoms with E-state index in [9.17, 15) is 0 Å². The Morgan fingerprint density at radius 1 is 1.44 bits per heavy atom. The van der Waals surface area contributed by atoms with Crippen LogP contribution < -0.4 is 5.32 Å². The molecule has 0 aliphatic heterocycles. The molecule has 1 heterocycles. The number of nitrogens with zero attached hydrogens (tertiary/aromatic N) is 2. The number of anilines is 1. The summed E-state index contributed by atoms with van der Waals surface area (Å²) < 4.78 is 10.3. The van der Waals surface area contributed by atoms with Crippen LogP contribution >= 0.6 is 0 Å². The van der Waals surface area contributed by atoms with Crippen molar-refractivity contribution in [1.29, 1.82) is 0 Å². The normalized spacial score (nSPS) is 12.4. The van der Waals surface area contributed by atoms with Crippen molar-refractivity contribution in [2.24, 2.45) is 0 Å². The van der Waals surface area contributed by atoms with Gasteiger partial charge in [-0.1, -0.05) is 0 Å². The quantitative estimate of drug-likeness (QED) is 0.879. The second-order valence-electron chi connectivity index (χ2n) is 4.27. The summed E-state index contributed by atoms with van der Waals surface area (Å²) in [6, 6.07) is 6.27. The number of rotatable bonds is 5. The molecular formula is C13H17N3O2. The minimum absolute atomic E-state index is 0.267. The minimum atomic E-state index is 0.267. The molecule has 2 aromatic rings.